The normalized spacial score (nSPS) is 15.6. The van der Waals surface area contributed by atoms with Crippen molar-refractivity contribution in [1.29, 1.82) is 5.26 Å². The van der Waals surface area contributed by atoms with Crippen molar-refractivity contribution < 1.29 is 4.79 Å². The first-order valence-electron chi connectivity index (χ1n) is 7.22. The monoisotopic (exact) mass is 281 g/mol. The molecule has 0 atom stereocenters. The second kappa shape index (κ2) is 8.09. The van der Waals surface area contributed by atoms with Crippen LogP contribution >= 0.6 is 0 Å². The average Bonchev–Trinajstić information content (AvgIpc) is 2.53. The minimum atomic E-state index is -0.224. The van der Waals surface area contributed by atoms with Crippen molar-refractivity contribution in [3.63, 3.8) is 0 Å². The minimum absolute atomic E-state index is 0.224. The molecule has 0 radical (unpaired) electrons. The molecule has 1 fully saturated rings. The molecule has 1 saturated heterocycles. The van der Waals surface area contributed by atoms with Crippen LogP contribution in [0, 0.1) is 29.1 Å². The van der Waals surface area contributed by atoms with Crippen molar-refractivity contribution in [2.24, 2.45) is 5.92 Å². The van der Waals surface area contributed by atoms with Crippen molar-refractivity contribution in [3.8, 4) is 17.9 Å². The van der Waals surface area contributed by atoms with Crippen LogP contribution in [0.3, 0.4) is 0 Å². The van der Waals surface area contributed by atoms with Gasteiger partial charge in [0, 0.05) is 18.0 Å². The van der Waals surface area contributed by atoms with Crippen molar-refractivity contribution >= 4 is 5.91 Å². The second-order valence-corrected chi connectivity index (χ2v) is 5.20. The Labute approximate surface area is 125 Å². The fraction of sp³-hybridized carbons (Fsp3) is 0.412. The van der Waals surface area contributed by atoms with Gasteiger partial charge in [-0.2, -0.15) is 5.26 Å². The van der Waals surface area contributed by atoms with Gasteiger partial charge >= 0.3 is 0 Å². The zero-order chi connectivity index (χ0) is 14.9. The standard InChI is InChI=1S/C17H19N3O/c18-10-13-20-11-8-16(9-12-20)14-19-17(21)7-6-15-4-2-1-3-5-15/h1-5,16H,8-9,11-14H2,(H,19,21). The number of hydrogen-bond acceptors (Lipinski definition) is 3. The molecule has 21 heavy (non-hydrogen) atoms. The van der Waals surface area contributed by atoms with Gasteiger partial charge in [0.1, 0.15) is 0 Å². The van der Waals surface area contributed by atoms with Gasteiger partial charge in [-0.15, -0.1) is 0 Å². The molecule has 1 N–H and O–H groups in total. The van der Waals surface area contributed by atoms with Crippen molar-refractivity contribution in [1.82, 2.24) is 10.2 Å². The SMILES string of the molecule is N#CCN1CCC(CNC(=O)C#Cc2ccccc2)CC1. The summed E-state index contributed by atoms with van der Waals surface area (Å²) in [5.74, 6) is 5.73. The number of likely N-dealkylation sites (tertiary alicyclic amines) is 1. The Hall–Kier alpha value is -2.30. The van der Waals surface area contributed by atoms with Crippen LogP contribution in [0.1, 0.15) is 18.4 Å². The zero-order valence-electron chi connectivity index (χ0n) is 12.0. The Morgan fingerprint density at radius 2 is 2.00 bits per heavy atom. The lowest BCUT2D eigenvalue weighted by Crippen LogP contribution is -2.38. The molecule has 108 valence electrons. The fourth-order valence-electron chi connectivity index (χ4n) is 2.38. The highest BCUT2D eigenvalue weighted by Crippen LogP contribution is 2.15. The number of amides is 1. The lowest BCUT2D eigenvalue weighted by Gasteiger charge is -2.29. The van der Waals surface area contributed by atoms with E-state index in [4.69, 9.17) is 5.26 Å². The summed E-state index contributed by atoms with van der Waals surface area (Å²) >= 11 is 0. The van der Waals surface area contributed by atoms with E-state index in [0.717, 1.165) is 31.5 Å². The summed E-state index contributed by atoms with van der Waals surface area (Å²) in [6.07, 6.45) is 2.04. The lowest BCUT2D eigenvalue weighted by molar-refractivity contribution is -0.115. The number of nitriles is 1. The van der Waals surface area contributed by atoms with Crippen molar-refractivity contribution in [2.75, 3.05) is 26.2 Å². The van der Waals surface area contributed by atoms with E-state index in [9.17, 15) is 4.79 Å². The number of piperidine rings is 1. The molecule has 1 aromatic carbocycles. The Morgan fingerprint density at radius 3 is 2.67 bits per heavy atom. The molecule has 0 aromatic heterocycles. The number of hydrogen-bond donors (Lipinski definition) is 1. The van der Waals surface area contributed by atoms with Crippen LogP contribution < -0.4 is 5.32 Å². The van der Waals surface area contributed by atoms with Gasteiger partial charge in [0.2, 0.25) is 0 Å². The first kappa shape index (κ1) is 15.1. The third-order valence-corrected chi connectivity index (χ3v) is 3.65. The molecule has 0 saturated carbocycles. The van der Waals surface area contributed by atoms with Gasteiger partial charge in [-0.3, -0.25) is 9.69 Å². The van der Waals surface area contributed by atoms with Crippen LogP contribution in [0.25, 0.3) is 0 Å². The molecule has 0 bridgehead atoms. The molecule has 4 heteroatoms. The largest absolute Gasteiger partial charge is 0.345 e. The number of nitrogens with zero attached hydrogens (tertiary/aromatic N) is 2. The Kier molecular flexibility index (Phi) is 5.82. The lowest BCUT2D eigenvalue weighted by atomic mass is 9.97. The van der Waals surface area contributed by atoms with E-state index in [2.05, 4.69) is 28.1 Å². The van der Waals surface area contributed by atoms with E-state index < -0.39 is 0 Å². The van der Waals surface area contributed by atoms with Crippen LogP contribution in [-0.4, -0.2) is 37.0 Å². The summed E-state index contributed by atoms with van der Waals surface area (Å²) in [4.78, 5) is 13.8. The van der Waals surface area contributed by atoms with E-state index >= 15 is 0 Å². The average molecular weight is 281 g/mol. The minimum Gasteiger partial charge on any atom is -0.345 e. The predicted octanol–water partition coefficient (Wildman–Crippen LogP) is 1.39. The fourth-order valence-corrected chi connectivity index (χ4v) is 2.38. The van der Waals surface area contributed by atoms with Gasteiger partial charge in [-0.25, -0.2) is 0 Å². The summed E-state index contributed by atoms with van der Waals surface area (Å²) in [6, 6.07) is 11.7. The molecule has 1 amide bonds. The molecule has 1 heterocycles. The number of benzene rings is 1. The highest BCUT2D eigenvalue weighted by molar-refractivity contribution is 5.94. The van der Waals surface area contributed by atoms with E-state index in [-0.39, 0.29) is 5.91 Å². The van der Waals surface area contributed by atoms with E-state index in [1.165, 1.54) is 0 Å². The maximum absolute atomic E-state index is 11.7. The van der Waals surface area contributed by atoms with E-state index in [0.29, 0.717) is 19.0 Å². The highest BCUT2D eigenvalue weighted by atomic mass is 16.1. The van der Waals surface area contributed by atoms with Gasteiger partial charge in [-0.05, 0) is 44.0 Å². The Balaban J connectivity index is 1.71. The summed E-state index contributed by atoms with van der Waals surface area (Å²) < 4.78 is 0. The smallest absolute Gasteiger partial charge is 0.296 e. The van der Waals surface area contributed by atoms with E-state index in [1.807, 2.05) is 30.3 Å². The summed E-state index contributed by atoms with van der Waals surface area (Å²) in [5.41, 5.74) is 0.845. The highest BCUT2D eigenvalue weighted by Gasteiger charge is 2.18. The summed E-state index contributed by atoms with van der Waals surface area (Å²) in [6.45, 7) is 3.04. The molecule has 0 spiro atoms. The molecule has 1 aromatic rings. The Morgan fingerprint density at radius 1 is 1.29 bits per heavy atom. The molecule has 1 aliphatic rings. The van der Waals surface area contributed by atoms with E-state index in [1.54, 1.807) is 0 Å². The van der Waals surface area contributed by atoms with Crippen LogP contribution in [0.15, 0.2) is 30.3 Å². The molecule has 0 aliphatic carbocycles. The number of carbonyl (C=O) groups is 1. The van der Waals surface area contributed by atoms with Gasteiger partial charge < -0.3 is 5.32 Å². The topological polar surface area (TPSA) is 56.1 Å². The van der Waals surface area contributed by atoms with Gasteiger partial charge in [0.05, 0.1) is 12.6 Å². The number of nitrogens with one attached hydrogen (secondary N) is 1. The number of carbonyl (C=O) groups excluding carboxylic acids is 1. The summed E-state index contributed by atoms with van der Waals surface area (Å²) in [7, 11) is 0. The maximum atomic E-state index is 11.7. The van der Waals surface area contributed by atoms with Crippen LogP contribution in [-0.2, 0) is 4.79 Å². The first-order valence-corrected chi connectivity index (χ1v) is 7.22. The number of rotatable bonds is 3. The molecular weight excluding hydrogens is 262 g/mol. The maximum Gasteiger partial charge on any atom is 0.296 e. The predicted molar refractivity (Wildman–Crippen MR) is 81.1 cm³/mol. The molecule has 2 rings (SSSR count). The van der Waals surface area contributed by atoms with Crippen LogP contribution in [0.4, 0.5) is 0 Å². The van der Waals surface area contributed by atoms with Crippen LogP contribution in [0.5, 0.6) is 0 Å². The molecule has 1 aliphatic heterocycles. The molecular formula is C17H19N3O. The van der Waals surface area contributed by atoms with Gasteiger partial charge in [-0.1, -0.05) is 24.1 Å². The van der Waals surface area contributed by atoms with Gasteiger partial charge in [0.15, 0.2) is 0 Å². The third-order valence-electron chi connectivity index (χ3n) is 3.65. The second-order valence-electron chi connectivity index (χ2n) is 5.20. The molecule has 0 unspecified atom stereocenters. The summed E-state index contributed by atoms with van der Waals surface area (Å²) in [5, 5.41) is 11.5. The Bertz CT molecular complexity index is 557. The van der Waals surface area contributed by atoms with Crippen LogP contribution in [0.2, 0.25) is 0 Å². The van der Waals surface area contributed by atoms with Crippen molar-refractivity contribution in [2.45, 2.75) is 12.8 Å². The quantitative estimate of drug-likeness (QED) is 0.673. The third kappa shape index (κ3) is 5.30. The molecule has 4 nitrogen and oxygen atoms in total. The first-order chi connectivity index (χ1) is 10.3. The zero-order valence-corrected chi connectivity index (χ0v) is 12.0. The van der Waals surface area contributed by atoms with Gasteiger partial charge in [0.25, 0.3) is 5.91 Å². The van der Waals surface area contributed by atoms with Crippen molar-refractivity contribution in [3.05, 3.63) is 35.9 Å².